The Morgan fingerprint density at radius 1 is 1.12 bits per heavy atom. The number of para-hydroxylation sites is 1. The lowest BCUT2D eigenvalue weighted by molar-refractivity contribution is -0.151. The number of hydrogen-bond donors (Lipinski definition) is 0. The number of hydrogen-bond acceptors (Lipinski definition) is 3. The molecule has 26 heavy (non-hydrogen) atoms. The highest BCUT2D eigenvalue weighted by atomic mass is 16.2. The van der Waals surface area contributed by atoms with E-state index in [2.05, 4.69) is 6.92 Å². The lowest BCUT2D eigenvalue weighted by atomic mass is 10.0. The number of benzene rings is 1. The predicted octanol–water partition coefficient (Wildman–Crippen LogP) is 1.86. The van der Waals surface area contributed by atoms with Crippen molar-refractivity contribution in [3.05, 3.63) is 46.8 Å². The Kier molecular flexibility index (Phi) is 5.40. The number of piperazine rings is 1. The standard InChI is InChI=1S/C20H25N3O3/c1-3-4-8-17-20(26)21(2)12-13-22(17)19(25)14-23-16-9-6-5-7-15(16)10-11-18(23)24/h5-7,9-11,17H,3-4,8,12-14H2,1-2H3/t17-/m0/s1. The fourth-order valence-corrected chi connectivity index (χ4v) is 3.52. The highest BCUT2D eigenvalue weighted by Gasteiger charge is 2.35. The molecule has 2 heterocycles. The number of amides is 2. The van der Waals surface area contributed by atoms with Crippen molar-refractivity contribution in [3.8, 4) is 0 Å². The Morgan fingerprint density at radius 2 is 1.88 bits per heavy atom. The summed E-state index contributed by atoms with van der Waals surface area (Å²) in [5, 5.41) is 0.914. The first-order chi connectivity index (χ1) is 12.5. The number of rotatable bonds is 5. The maximum atomic E-state index is 13.0. The van der Waals surface area contributed by atoms with Crippen LogP contribution < -0.4 is 5.56 Å². The molecule has 2 aromatic rings. The van der Waals surface area contributed by atoms with E-state index in [-0.39, 0.29) is 23.9 Å². The molecule has 1 fully saturated rings. The van der Waals surface area contributed by atoms with Crippen LogP contribution in [0.2, 0.25) is 0 Å². The maximum absolute atomic E-state index is 13.0. The minimum atomic E-state index is -0.424. The summed E-state index contributed by atoms with van der Waals surface area (Å²) in [5.41, 5.74) is 0.529. The fourth-order valence-electron chi connectivity index (χ4n) is 3.52. The van der Waals surface area contributed by atoms with Crippen LogP contribution in [0, 0.1) is 0 Å². The molecule has 6 nitrogen and oxygen atoms in total. The van der Waals surface area contributed by atoms with E-state index >= 15 is 0 Å². The van der Waals surface area contributed by atoms with Gasteiger partial charge >= 0.3 is 0 Å². The molecule has 1 saturated heterocycles. The van der Waals surface area contributed by atoms with E-state index in [9.17, 15) is 14.4 Å². The van der Waals surface area contributed by atoms with Crippen molar-refractivity contribution in [1.29, 1.82) is 0 Å². The van der Waals surface area contributed by atoms with Crippen molar-refractivity contribution >= 4 is 22.7 Å². The molecule has 6 heteroatoms. The Labute approximate surface area is 153 Å². The molecule has 0 aliphatic carbocycles. The summed E-state index contributed by atoms with van der Waals surface area (Å²) >= 11 is 0. The first kappa shape index (κ1) is 18.2. The molecule has 2 amide bonds. The molecule has 0 unspecified atom stereocenters. The first-order valence-electron chi connectivity index (χ1n) is 9.16. The van der Waals surface area contributed by atoms with Gasteiger partial charge in [-0.05, 0) is 23.9 Å². The average molecular weight is 355 g/mol. The normalized spacial score (nSPS) is 17.8. The van der Waals surface area contributed by atoms with E-state index in [4.69, 9.17) is 0 Å². The summed E-state index contributed by atoms with van der Waals surface area (Å²) in [6, 6.07) is 10.3. The molecule has 0 bridgehead atoms. The Bertz CT molecular complexity index is 874. The summed E-state index contributed by atoms with van der Waals surface area (Å²) < 4.78 is 1.50. The molecular formula is C20H25N3O3. The van der Waals surface area contributed by atoms with Gasteiger partial charge in [0.1, 0.15) is 12.6 Å². The summed E-state index contributed by atoms with van der Waals surface area (Å²) in [6.45, 7) is 3.06. The zero-order chi connectivity index (χ0) is 18.7. The third-order valence-electron chi connectivity index (χ3n) is 5.06. The van der Waals surface area contributed by atoms with Crippen molar-refractivity contribution in [1.82, 2.24) is 14.4 Å². The number of carbonyl (C=O) groups is 2. The van der Waals surface area contributed by atoms with Gasteiger partial charge < -0.3 is 9.80 Å². The molecule has 138 valence electrons. The molecule has 0 spiro atoms. The number of pyridine rings is 1. The SMILES string of the molecule is CCCC[C@H]1C(=O)N(C)CCN1C(=O)Cn1c(=O)ccc2ccccc21. The van der Waals surface area contributed by atoms with Crippen LogP contribution in [0.4, 0.5) is 0 Å². The van der Waals surface area contributed by atoms with E-state index in [0.29, 0.717) is 19.5 Å². The third kappa shape index (κ3) is 3.49. The second-order valence-electron chi connectivity index (χ2n) is 6.82. The van der Waals surface area contributed by atoms with Crippen LogP contribution in [-0.2, 0) is 16.1 Å². The number of fused-ring (bicyclic) bond motifs is 1. The van der Waals surface area contributed by atoms with E-state index in [0.717, 1.165) is 23.7 Å². The highest BCUT2D eigenvalue weighted by Crippen LogP contribution is 2.18. The largest absolute Gasteiger partial charge is 0.342 e. The average Bonchev–Trinajstić information content (AvgIpc) is 2.65. The van der Waals surface area contributed by atoms with Crippen LogP contribution in [-0.4, -0.2) is 52.4 Å². The Hall–Kier alpha value is -2.63. The number of nitrogens with zero attached hydrogens (tertiary/aromatic N) is 3. The van der Waals surface area contributed by atoms with Gasteiger partial charge in [-0.15, -0.1) is 0 Å². The lowest BCUT2D eigenvalue weighted by Crippen LogP contribution is -2.58. The number of likely N-dealkylation sites (N-methyl/N-ethyl adjacent to an activating group) is 1. The molecule has 1 aliphatic rings. The van der Waals surface area contributed by atoms with E-state index in [1.54, 1.807) is 22.9 Å². The summed E-state index contributed by atoms with van der Waals surface area (Å²) in [4.78, 5) is 41.2. The molecule has 1 aromatic heterocycles. The van der Waals surface area contributed by atoms with Crippen LogP contribution in [0.3, 0.4) is 0 Å². The second-order valence-corrected chi connectivity index (χ2v) is 6.82. The fraction of sp³-hybridized carbons (Fsp3) is 0.450. The molecule has 1 atom stereocenters. The number of aromatic nitrogens is 1. The first-order valence-corrected chi connectivity index (χ1v) is 9.16. The van der Waals surface area contributed by atoms with Crippen LogP contribution in [0.25, 0.3) is 10.9 Å². The van der Waals surface area contributed by atoms with Crippen molar-refractivity contribution < 1.29 is 9.59 Å². The monoisotopic (exact) mass is 355 g/mol. The molecule has 1 aromatic carbocycles. The zero-order valence-corrected chi connectivity index (χ0v) is 15.4. The molecule has 0 radical (unpaired) electrons. The predicted molar refractivity (Wildman–Crippen MR) is 101 cm³/mol. The quantitative estimate of drug-likeness (QED) is 0.822. The van der Waals surface area contributed by atoms with Gasteiger partial charge in [-0.3, -0.25) is 19.0 Å². The van der Waals surface area contributed by atoms with Gasteiger partial charge in [0.15, 0.2) is 0 Å². The van der Waals surface area contributed by atoms with Gasteiger partial charge in [-0.25, -0.2) is 0 Å². The van der Waals surface area contributed by atoms with E-state index < -0.39 is 6.04 Å². The van der Waals surface area contributed by atoms with Gasteiger partial charge in [0, 0.05) is 26.2 Å². The van der Waals surface area contributed by atoms with Crippen LogP contribution in [0.5, 0.6) is 0 Å². The van der Waals surface area contributed by atoms with Crippen LogP contribution in [0.15, 0.2) is 41.2 Å². The smallest absolute Gasteiger partial charge is 0.251 e. The van der Waals surface area contributed by atoms with Crippen LogP contribution in [0.1, 0.15) is 26.2 Å². The number of unbranched alkanes of at least 4 members (excludes halogenated alkanes) is 1. The lowest BCUT2D eigenvalue weighted by Gasteiger charge is -2.39. The van der Waals surface area contributed by atoms with Gasteiger partial charge in [0.05, 0.1) is 5.52 Å². The van der Waals surface area contributed by atoms with E-state index in [1.165, 1.54) is 10.6 Å². The summed E-state index contributed by atoms with van der Waals surface area (Å²) in [7, 11) is 1.78. The molecule has 0 saturated carbocycles. The van der Waals surface area contributed by atoms with Crippen molar-refractivity contribution in [2.75, 3.05) is 20.1 Å². The number of carbonyl (C=O) groups excluding carboxylic acids is 2. The molecular weight excluding hydrogens is 330 g/mol. The maximum Gasteiger partial charge on any atom is 0.251 e. The highest BCUT2D eigenvalue weighted by molar-refractivity contribution is 5.89. The second kappa shape index (κ2) is 7.72. The van der Waals surface area contributed by atoms with Gasteiger partial charge in [-0.1, -0.05) is 38.0 Å². The Morgan fingerprint density at radius 3 is 2.65 bits per heavy atom. The van der Waals surface area contributed by atoms with Gasteiger partial charge in [-0.2, -0.15) is 0 Å². The van der Waals surface area contributed by atoms with Crippen molar-refractivity contribution in [2.45, 2.75) is 38.8 Å². The third-order valence-corrected chi connectivity index (χ3v) is 5.06. The minimum absolute atomic E-state index is 0.0108. The minimum Gasteiger partial charge on any atom is -0.342 e. The van der Waals surface area contributed by atoms with Crippen LogP contribution >= 0.6 is 0 Å². The molecule has 0 N–H and O–H groups in total. The summed E-state index contributed by atoms with van der Waals surface area (Å²) in [5.74, 6) is -0.186. The van der Waals surface area contributed by atoms with Crippen molar-refractivity contribution in [3.63, 3.8) is 0 Å². The van der Waals surface area contributed by atoms with Gasteiger partial charge in [0.25, 0.3) is 5.56 Å². The Balaban J connectivity index is 1.88. The topological polar surface area (TPSA) is 62.6 Å². The summed E-state index contributed by atoms with van der Waals surface area (Å²) in [6.07, 6.45) is 2.52. The van der Waals surface area contributed by atoms with Gasteiger partial charge in [0.2, 0.25) is 11.8 Å². The van der Waals surface area contributed by atoms with Crippen molar-refractivity contribution in [2.24, 2.45) is 0 Å². The van der Waals surface area contributed by atoms with E-state index in [1.807, 2.05) is 24.3 Å². The molecule has 1 aliphatic heterocycles. The molecule has 3 rings (SSSR count). The zero-order valence-electron chi connectivity index (χ0n) is 15.4.